The Bertz CT molecular complexity index is 2100. The number of anilines is 1. The van der Waals surface area contributed by atoms with E-state index in [0.29, 0.717) is 27.3 Å². The molecule has 0 aliphatic rings. The Hall–Kier alpha value is -5.18. The number of hydrogen-bond donors (Lipinski definition) is 5. The molecule has 3 aromatic rings. The monoisotopic (exact) mass is 781 g/mol. The van der Waals surface area contributed by atoms with Crippen molar-refractivity contribution in [3.05, 3.63) is 69.0 Å². The van der Waals surface area contributed by atoms with Gasteiger partial charge in [-0.15, -0.1) is 0 Å². The lowest BCUT2D eigenvalue weighted by molar-refractivity contribution is -0.220. The van der Waals surface area contributed by atoms with Gasteiger partial charge in [0.1, 0.15) is 17.7 Å². The Kier molecular flexibility index (Phi) is 12.7. The summed E-state index contributed by atoms with van der Waals surface area (Å²) in [5, 5.41) is 31.9. The van der Waals surface area contributed by atoms with E-state index >= 15 is 9.18 Å². The van der Waals surface area contributed by atoms with E-state index in [1.165, 1.54) is 26.8 Å². The molecule has 0 unspecified atom stereocenters. The number of H-pyrrole nitrogens is 1. The van der Waals surface area contributed by atoms with E-state index in [1.54, 1.807) is 72.5 Å². The van der Waals surface area contributed by atoms with Crippen LogP contribution >= 0.6 is 0 Å². The summed E-state index contributed by atoms with van der Waals surface area (Å²) in [7, 11) is 1.67. The molecule has 6 N–H and O–H groups in total. The van der Waals surface area contributed by atoms with Gasteiger partial charge < -0.3 is 30.9 Å². The number of aromatic nitrogens is 2. The summed E-state index contributed by atoms with van der Waals surface area (Å²) in [5.74, 6) is -7.69. The molecule has 2 amide bonds. The topological polar surface area (TPSA) is 224 Å². The number of aliphatic carboxylic acids is 3. The van der Waals surface area contributed by atoms with Crippen molar-refractivity contribution in [3.63, 3.8) is 0 Å². The third-order valence-electron chi connectivity index (χ3n) is 11.1. The first-order valence-corrected chi connectivity index (χ1v) is 18.3. The normalized spacial score (nSPS) is 14.2. The molecule has 56 heavy (non-hydrogen) atoms. The van der Waals surface area contributed by atoms with Crippen molar-refractivity contribution < 1.29 is 43.7 Å². The number of carbonyl (C=O) groups is 5. The number of amides is 2. The van der Waals surface area contributed by atoms with Crippen LogP contribution in [-0.4, -0.2) is 78.5 Å². The van der Waals surface area contributed by atoms with Crippen molar-refractivity contribution >= 4 is 46.3 Å². The van der Waals surface area contributed by atoms with Crippen LogP contribution in [-0.2, 0) is 25.7 Å². The average Bonchev–Trinajstić information content (AvgIpc) is 3.03. The van der Waals surface area contributed by atoms with Crippen LogP contribution in [0.1, 0.15) is 109 Å². The van der Waals surface area contributed by atoms with Gasteiger partial charge in [-0.25, -0.2) is 14.2 Å². The lowest BCUT2D eigenvalue weighted by Gasteiger charge is -2.67. The molecule has 0 aliphatic carbocycles. The van der Waals surface area contributed by atoms with Gasteiger partial charge in [0.15, 0.2) is 5.54 Å². The molecular weight excluding hydrogens is 725 g/mol. The molecule has 0 saturated carbocycles. The zero-order valence-corrected chi connectivity index (χ0v) is 34.4. The minimum Gasteiger partial charge on any atom is -0.481 e. The van der Waals surface area contributed by atoms with Gasteiger partial charge in [0.25, 0.3) is 11.5 Å². The number of hydrogen-bond acceptors (Lipinski definition) is 9. The fourth-order valence-electron chi connectivity index (χ4n) is 8.83. The molecule has 1 aromatic heterocycles. The second kappa shape index (κ2) is 15.8. The van der Waals surface area contributed by atoms with E-state index in [9.17, 15) is 39.3 Å². The Labute approximate surface area is 326 Å². The Morgan fingerprint density at radius 1 is 0.893 bits per heavy atom. The summed E-state index contributed by atoms with van der Waals surface area (Å²) in [6.45, 7) is 17.9. The summed E-state index contributed by atoms with van der Waals surface area (Å²) in [6.07, 6.45) is -2.05. The summed E-state index contributed by atoms with van der Waals surface area (Å²) < 4.78 is 16.5. The number of halogens is 1. The van der Waals surface area contributed by atoms with Crippen LogP contribution in [0.3, 0.4) is 0 Å². The number of aryl methyl sites for hydroxylation is 2. The fraction of sp³-hybridized carbons (Fsp3) is 0.537. The highest BCUT2D eigenvalue weighted by atomic mass is 19.1. The number of nitrogens with two attached hydrogens (primary N) is 1. The zero-order chi connectivity index (χ0) is 43.1. The van der Waals surface area contributed by atoms with Gasteiger partial charge >= 0.3 is 17.9 Å². The number of imide groups is 1. The van der Waals surface area contributed by atoms with E-state index < -0.39 is 93.6 Å². The number of fused-ring (bicyclic) bond motifs is 1. The zero-order valence-electron chi connectivity index (χ0n) is 34.4. The van der Waals surface area contributed by atoms with Gasteiger partial charge in [0, 0.05) is 31.1 Å². The SMILES string of the molecule is Cc1nc2cc(C)c(CN(C)c3ccc(C(=O)N(C(=O)CC[C@H](N)C(=O)O)[C@](C(=O)O)(C(C)(C)C)C(CC(=O)O)(C(C)(C)C)C(C)(C)C)c(F)c3)cc2c(=O)[nH]1. The molecule has 0 aliphatic heterocycles. The van der Waals surface area contributed by atoms with Gasteiger partial charge in [-0.2, -0.15) is 0 Å². The van der Waals surface area contributed by atoms with E-state index in [4.69, 9.17) is 5.73 Å². The summed E-state index contributed by atoms with van der Waals surface area (Å²) in [4.78, 5) is 90.3. The number of carboxylic acids is 3. The first kappa shape index (κ1) is 45.2. The standard InChI is InChI=1S/C41H56FN5O9/c1-22-17-30-27(33(51)45-23(2)44-30)18-24(22)21-46(12)25-13-14-26(28(42)19-25)34(52)47(31(48)16-15-29(43)35(53)54)41(36(55)56,39(9,10)11)40(20-32(49)50,37(3,4)5)38(6,7)8/h13-14,17-19,29H,15-16,20-21,43H2,1-12H3,(H,49,50)(H,53,54)(H,55,56)(H,44,45,51)/t29-,41+/m0/s1. The van der Waals surface area contributed by atoms with E-state index in [-0.39, 0.29) is 12.1 Å². The summed E-state index contributed by atoms with van der Waals surface area (Å²) >= 11 is 0. The molecule has 2 aromatic carbocycles. The van der Waals surface area contributed by atoms with E-state index in [2.05, 4.69) is 9.97 Å². The molecule has 0 radical (unpaired) electrons. The number of nitrogens with zero attached hydrogens (tertiary/aromatic N) is 3. The molecule has 0 bridgehead atoms. The molecule has 306 valence electrons. The number of nitrogens with one attached hydrogen (secondary N) is 1. The quantitative estimate of drug-likeness (QED) is 0.137. The number of carbonyl (C=O) groups excluding carboxylic acids is 2. The van der Waals surface area contributed by atoms with Crippen molar-refractivity contribution in [2.75, 3.05) is 11.9 Å². The molecule has 1 heterocycles. The third kappa shape index (κ3) is 8.04. The highest BCUT2D eigenvalue weighted by molar-refractivity contribution is 6.09. The highest BCUT2D eigenvalue weighted by Gasteiger charge is 2.75. The van der Waals surface area contributed by atoms with Gasteiger partial charge in [-0.05, 0) is 78.0 Å². The predicted octanol–water partition coefficient (Wildman–Crippen LogP) is 5.90. The van der Waals surface area contributed by atoms with Crippen LogP contribution in [0.5, 0.6) is 0 Å². The molecule has 14 nitrogen and oxygen atoms in total. The second-order valence-electron chi connectivity index (χ2n) is 17.7. The maximum Gasteiger partial charge on any atom is 0.331 e. The lowest BCUT2D eigenvalue weighted by atomic mass is 9.40. The van der Waals surface area contributed by atoms with Crippen molar-refractivity contribution in [2.45, 2.75) is 114 Å². The first-order chi connectivity index (χ1) is 25.5. The fourth-order valence-corrected chi connectivity index (χ4v) is 8.83. The van der Waals surface area contributed by atoms with E-state index in [0.717, 1.165) is 23.3 Å². The average molecular weight is 782 g/mol. The van der Waals surface area contributed by atoms with Crippen LogP contribution in [0.4, 0.5) is 10.1 Å². The van der Waals surface area contributed by atoms with Gasteiger partial charge in [-0.3, -0.25) is 28.9 Å². The van der Waals surface area contributed by atoms with Gasteiger partial charge in [-0.1, -0.05) is 62.3 Å². The smallest absolute Gasteiger partial charge is 0.331 e. The van der Waals surface area contributed by atoms with Crippen LogP contribution in [0.25, 0.3) is 10.9 Å². The Balaban J connectivity index is 2.34. The molecule has 0 fully saturated rings. The molecule has 0 spiro atoms. The van der Waals surface area contributed by atoms with Crippen LogP contribution in [0.2, 0.25) is 0 Å². The lowest BCUT2D eigenvalue weighted by Crippen LogP contribution is -2.79. The largest absolute Gasteiger partial charge is 0.481 e. The number of aromatic amines is 1. The molecular formula is C41H56FN5O9. The minimum atomic E-state index is -2.70. The Morgan fingerprint density at radius 2 is 1.46 bits per heavy atom. The predicted molar refractivity (Wildman–Crippen MR) is 210 cm³/mol. The number of rotatable bonds is 13. The van der Waals surface area contributed by atoms with Crippen molar-refractivity contribution in [1.82, 2.24) is 14.9 Å². The molecule has 0 saturated heterocycles. The van der Waals surface area contributed by atoms with Crippen molar-refractivity contribution in [2.24, 2.45) is 27.4 Å². The molecule has 15 heteroatoms. The Morgan fingerprint density at radius 3 is 1.93 bits per heavy atom. The minimum absolute atomic E-state index is 0.206. The van der Waals surface area contributed by atoms with Crippen molar-refractivity contribution in [1.29, 1.82) is 0 Å². The number of benzene rings is 2. The van der Waals surface area contributed by atoms with E-state index in [1.807, 2.05) is 6.92 Å². The summed E-state index contributed by atoms with van der Waals surface area (Å²) in [5.41, 5.74) is -1.69. The van der Waals surface area contributed by atoms with Crippen LogP contribution < -0.4 is 16.2 Å². The second-order valence-corrected chi connectivity index (χ2v) is 17.7. The highest BCUT2D eigenvalue weighted by Crippen LogP contribution is 2.66. The van der Waals surface area contributed by atoms with Crippen LogP contribution in [0.15, 0.2) is 35.1 Å². The molecule has 3 rings (SSSR count). The van der Waals surface area contributed by atoms with Gasteiger partial charge in [0.05, 0.1) is 22.9 Å². The van der Waals surface area contributed by atoms with Crippen molar-refractivity contribution in [3.8, 4) is 0 Å². The maximum atomic E-state index is 16.5. The maximum absolute atomic E-state index is 16.5. The van der Waals surface area contributed by atoms with Crippen LogP contribution in [0, 0.1) is 41.3 Å². The third-order valence-corrected chi connectivity index (χ3v) is 11.1. The molecule has 2 atom stereocenters. The van der Waals surface area contributed by atoms with Gasteiger partial charge in [0.2, 0.25) is 5.91 Å². The first-order valence-electron chi connectivity index (χ1n) is 18.3. The summed E-state index contributed by atoms with van der Waals surface area (Å²) in [6, 6.07) is 5.52. The number of carboxylic acid groups (broad SMARTS) is 3.